The highest BCUT2D eigenvalue weighted by Gasteiger charge is 2.31. The minimum atomic E-state index is -1.34. The van der Waals surface area contributed by atoms with Gasteiger partial charge in [-0.15, -0.1) is 10.2 Å². The molecule has 1 aliphatic rings. The minimum Gasteiger partial charge on any atom is -0.497 e. The number of benzene rings is 2. The maximum atomic E-state index is 12.9. The van der Waals surface area contributed by atoms with Crippen molar-refractivity contribution in [2.24, 2.45) is 4.99 Å². The molecule has 4 rings (SSSR count). The van der Waals surface area contributed by atoms with Crippen molar-refractivity contribution in [2.45, 2.75) is 44.9 Å². The van der Waals surface area contributed by atoms with Crippen molar-refractivity contribution < 1.29 is 19.7 Å². The molecule has 9 nitrogen and oxygen atoms in total. The van der Waals surface area contributed by atoms with Crippen LogP contribution in [0.15, 0.2) is 47.5 Å². The van der Waals surface area contributed by atoms with Crippen LogP contribution in [0.1, 0.15) is 49.1 Å². The van der Waals surface area contributed by atoms with Gasteiger partial charge in [0.1, 0.15) is 17.6 Å². The summed E-state index contributed by atoms with van der Waals surface area (Å²) in [5.74, 6) is 1.50. The van der Waals surface area contributed by atoms with Crippen molar-refractivity contribution in [1.29, 1.82) is 0 Å². The Kier molecular flexibility index (Phi) is 6.93. The van der Waals surface area contributed by atoms with Crippen LogP contribution in [-0.4, -0.2) is 62.0 Å². The van der Waals surface area contributed by atoms with Crippen LogP contribution in [0, 0.1) is 6.92 Å². The van der Waals surface area contributed by atoms with Crippen molar-refractivity contribution in [2.75, 3.05) is 13.7 Å². The molecule has 1 aromatic heterocycles. The second-order valence-electron chi connectivity index (χ2n) is 9.00. The second-order valence-corrected chi connectivity index (χ2v) is 9.44. The highest BCUT2D eigenvalue weighted by molar-refractivity contribution is 6.30. The van der Waals surface area contributed by atoms with Crippen LogP contribution in [0.5, 0.6) is 5.75 Å². The van der Waals surface area contributed by atoms with Gasteiger partial charge in [0, 0.05) is 22.7 Å². The van der Waals surface area contributed by atoms with Gasteiger partial charge in [-0.1, -0.05) is 23.7 Å². The number of hydrogen-bond acceptors (Lipinski definition) is 7. The second kappa shape index (κ2) is 9.77. The molecule has 0 saturated heterocycles. The van der Waals surface area contributed by atoms with E-state index in [1.165, 1.54) is 13.8 Å². The number of aryl methyl sites for hydroxylation is 1. The number of carbonyl (C=O) groups is 1. The highest BCUT2D eigenvalue weighted by Crippen LogP contribution is 2.34. The molecular formula is C25H28ClN5O4. The summed E-state index contributed by atoms with van der Waals surface area (Å²) < 4.78 is 7.37. The Morgan fingerprint density at radius 1 is 1.23 bits per heavy atom. The zero-order valence-electron chi connectivity index (χ0n) is 20.0. The van der Waals surface area contributed by atoms with E-state index in [1.807, 2.05) is 41.8 Å². The summed E-state index contributed by atoms with van der Waals surface area (Å²) >= 11 is 6.12. The highest BCUT2D eigenvalue weighted by atomic mass is 35.5. The first-order valence-corrected chi connectivity index (χ1v) is 11.6. The number of ether oxygens (including phenoxy) is 1. The van der Waals surface area contributed by atoms with Crippen LogP contribution in [0.3, 0.4) is 0 Å². The average molecular weight is 498 g/mol. The number of hydrogen-bond donors (Lipinski definition) is 3. The SMILES string of the molecule is COc1ccc2c(c1)C(c1ccc(Cl)cc1)=N[C@H](CC(=O)NCC(O)C(C)(C)O)c1nnc(C)n1-2. The van der Waals surface area contributed by atoms with Crippen molar-refractivity contribution in [3.63, 3.8) is 0 Å². The monoisotopic (exact) mass is 497 g/mol. The number of aliphatic hydroxyl groups excluding tert-OH is 1. The summed E-state index contributed by atoms with van der Waals surface area (Å²) in [5, 5.41) is 31.9. The predicted molar refractivity (Wildman–Crippen MR) is 132 cm³/mol. The maximum absolute atomic E-state index is 12.9. The van der Waals surface area contributed by atoms with Crippen LogP contribution in [0.25, 0.3) is 5.69 Å². The Bertz CT molecular complexity index is 1260. The first-order chi connectivity index (χ1) is 16.6. The van der Waals surface area contributed by atoms with E-state index in [-0.39, 0.29) is 18.9 Å². The summed E-state index contributed by atoms with van der Waals surface area (Å²) in [4.78, 5) is 17.8. The van der Waals surface area contributed by atoms with Crippen LogP contribution >= 0.6 is 11.6 Å². The molecule has 1 amide bonds. The molecule has 2 heterocycles. The first-order valence-electron chi connectivity index (χ1n) is 11.2. The molecule has 3 aromatic rings. The number of fused-ring (bicyclic) bond motifs is 3. The Labute approximate surface area is 208 Å². The van der Waals surface area contributed by atoms with Crippen molar-refractivity contribution >= 4 is 23.2 Å². The lowest BCUT2D eigenvalue weighted by Crippen LogP contribution is -2.44. The Balaban J connectivity index is 1.78. The van der Waals surface area contributed by atoms with E-state index in [4.69, 9.17) is 21.3 Å². The van der Waals surface area contributed by atoms with Gasteiger partial charge in [0.2, 0.25) is 5.91 Å². The fourth-order valence-electron chi connectivity index (χ4n) is 3.88. The largest absolute Gasteiger partial charge is 0.497 e. The van der Waals surface area contributed by atoms with E-state index in [0.717, 1.165) is 16.8 Å². The topological polar surface area (TPSA) is 122 Å². The Morgan fingerprint density at radius 3 is 2.60 bits per heavy atom. The molecule has 2 aromatic carbocycles. The van der Waals surface area contributed by atoms with E-state index in [9.17, 15) is 15.0 Å². The van der Waals surface area contributed by atoms with E-state index < -0.39 is 17.7 Å². The minimum absolute atomic E-state index is 0.0288. The third-order valence-corrected chi connectivity index (χ3v) is 6.19. The fraction of sp³-hybridized carbons (Fsp3) is 0.360. The third kappa shape index (κ3) is 5.22. The van der Waals surface area contributed by atoms with Gasteiger partial charge in [-0.2, -0.15) is 0 Å². The van der Waals surface area contributed by atoms with Gasteiger partial charge >= 0.3 is 0 Å². The molecule has 184 valence electrons. The predicted octanol–water partition coefficient (Wildman–Crippen LogP) is 2.77. The summed E-state index contributed by atoms with van der Waals surface area (Å²) in [5.41, 5.74) is 1.76. The quantitative estimate of drug-likeness (QED) is 0.461. The number of amides is 1. The van der Waals surface area contributed by atoms with E-state index in [0.29, 0.717) is 28.1 Å². The number of nitrogens with one attached hydrogen (secondary N) is 1. The van der Waals surface area contributed by atoms with Gasteiger partial charge in [0.25, 0.3) is 0 Å². The van der Waals surface area contributed by atoms with Gasteiger partial charge < -0.3 is 20.3 Å². The molecule has 0 fully saturated rings. The molecule has 10 heteroatoms. The fourth-order valence-corrected chi connectivity index (χ4v) is 4.01. The van der Waals surface area contributed by atoms with E-state index in [1.54, 1.807) is 19.2 Å². The van der Waals surface area contributed by atoms with Gasteiger partial charge in [0.15, 0.2) is 5.82 Å². The smallest absolute Gasteiger partial charge is 0.222 e. The molecule has 0 spiro atoms. The molecule has 0 bridgehead atoms. The van der Waals surface area contributed by atoms with Gasteiger partial charge in [-0.25, -0.2) is 0 Å². The number of aliphatic imine (C=N–C) groups is 1. The Morgan fingerprint density at radius 2 is 1.94 bits per heavy atom. The van der Waals surface area contributed by atoms with Crippen LogP contribution in [0.4, 0.5) is 0 Å². The zero-order chi connectivity index (χ0) is 25.3. The molecule has 0 radical (unpaired) electrons. The third-order valence-electron chi connectivity index (χ3n) is 5.94. The number of rotatable bonds is 7. The van der Waals surface area contributed by atoms with Crippen molar-refractivity contribution in [1.82, 2.24) is 20.1 Å². The molecule has 35 heavy (non-hydrogen) atoms. The van der Waals surface area contributed by atoms with Crippen LogP contribution in [0.2, 0.25) is 5.02 Å². The van der Waals surface area contributed by atoms with E-state index in [2.05, 4.69) is 15.5 Å². The zero-order valence-corrected chi connectivity index (χ0v) is 20.7. The summed E-state index contributed by atoms with van der Waals surface area (Å²) in [6.07, 6.45) is -1.14. The number of nitrogens with zero attached hydrogens (tertiary/aromatic N) is 4. The first kappa shape index (κ1) is 24.8. The molecule has 0 aliphatic carbocycles. The van der Waals surface area contributed by atoms with Crippen LogP contribution in [-0.2, 0) is 4.79 Å². The average Bonchev–Trinajstić information content (AvgIpc) is 3.14. The van der Waals surface area contributed by atoms with Crippen molar-refractivity contribution in [3.8, 4) is 11.4 Å². The molecular weight excluding hydrogens is 470 g/mol. The summed E-state index contributed by atoms with van der Waals surface area (Å²) in [7, 11) is 1.60. The van der Waals surface area contributed by atoms with Gasteiger partial charge in [0.05, 0.1) is 36.6 Å². The summed E-state index contributed by atoms with van der Waals surface area (Å²) in [6, 6.07) is 12.3. The molecule has 3 N–H and O–H groups in total. The normalized spacial score (nSPS) is 16.0. The lowest BCUT2D eigenvalue weighted by atomic mass is 10.00. The van der Waals surface area contributed by atoms with Gasteiger partial charge in [-0.3, -0.25) is 14.4 Å². The summed E-state index contributed by atoms with van der Waals surface area (Å²) in [6.45, 7) is 4.71. The number of methoxy groups -OCH3 is 1. The number of halogens is 1. The van der Waals surface area contributed by atoms with Gasteiger partial charge in [-0.05, 0) is 51.1 Å². The maximum Gasteiger partial charge on any atom is 0.222 e. The molecule has 0 saturated carbocycles. The molecule has 1 unspecified atom stereocenters. The Hall–Kier alpha value is -3.27. The number of aliphatic hydroxyl groups is 2. The number of carbonyl (C=O) groups excluding carboxylic acids is 1. The lowest BCUT2D eigenvalue weighted by molar-refractivity contribution is -0.123. The van der Waals surface area contributed by atoms with Crippen LogP contribution < -0.4 is 10.1 Å². The lowest BCUT2D eigenvalue weighted by Gasteiger charge is -2.24. The molecule has 1 aliphatic heterocycles. The number of aromatic nitrogens is 3. The van der Waals surface area contributed by atoms with Crippen molar-refractivity contribution in [3.05, 3.63) is 70.3 Å². The standard InChI is InChI=1S/C25H28ClN5O4/c1-14-29-30-24-19(12-22(33)27-13-21(32)25(2,3)34)28-23(15-5-7-16(26)8-6-15)18-11-17(35-4)9-10-20(18)31(14)24/h5-11,19,21,32,34H,12-13H2,1-4H3,(H,27,33)/t19-,21?/m1/s1. The van der Waals surface area contributed by atoms with E-state index >= 15 is 0 Å². The molecule has 2 atom stereocenters.